The van der Waals surface area contributed by atoms with E-state index in [-0.39, 0.29) is 24.3 Å². The van der Waals surface area contributed by atoms with E-state index in [0.29, 0.717) is 13.0 Å². The van der Waals surface area contributed by atoms with Crippen LogP contribution in [-0.4, -0.2) is 30.1 Å². The van der Waals surface area contributed by atoms with Crippen LogP contribution in [-0.2, 0) is 9.59 Å². The second kappa shape index (κ2) is 7.05. The van der Waals surface area contributed by atoms with Crippen molar-refractivity contribution >= 4 is 11.9 Å². The Morgan fingerprint density at radius 2 is 2.10 bits per heavy atom. The number of aliphatic carboxylic acids is 1. The molecule has 5 heteroatoms. The first-order valence-corrected chi connectivity index (χ1v) is 6.94. The summed E-state index contributed by atoms with van der Waals surface area (Å²) in [5, 5.41) is 15.0. The third kappa shape index (κ3) is 4.06. The van der Waals surface area contributed by atoms with Gasteiger partial charge in [-0.1, -0.05) is 30.3 Å². The second-order valence-electron chi connectivity index (χ2n) is 5.09. The number of carbonyl (C=O) groups is 2. The van der Waals surface area contributed by atoms with E-state index in [9.17, 15) is 9.59 Å². The van der Waals surface area contributed by atoms with Crippen molar-refractivity contribution in [3.05, 3.63) is 35.9 Å². The number of nitrogens with one attached hydrogen (secondary N) is 2. The van der Waals surface area contributed by atoms with E-state index >= 15 is 0 Å². The highest BCUT2D eigenvalue weighted by atomic mass is 16.4. The van der Waals surface area contributed by atoms with Crippen LogP contribution >= 0.6 is 0 Å². The Labute approximate surface area is 118 Å². The first-order chi connectivity index (χ1) is 9.66. The van der Waals surface area contributed by atoms with E-state index in [2.05, 4.69) is 10.6 Å². The van der Waals surface area contributed by atoms with Crippen LogP contribution in [0.25, 0.3) is 0 Å². The minimum atomic E-state index is -0.845. The van der Waals surface area contributed by atoms with Crippen molar-refractivity contribution in [2.45, 2.75) is 25.3 Å². The molecule has 1 aromatic carbocycles. The quantitative estimate of drug-likeness (QED) is 0.732. The maximum absolute atomic E-state index is 12.2. The summed E-state index contributed by atoms with van der Waals surface area (Å²) in [6.45, 7) is 1.56. The van der Waals surface area contributed by atoms with Crippen molar-refractivity contribution in [2.24, 2.45) is 5.92 Å². The van der Waals surface area contributed by atoms with Crippen molar-refractivity contribution in [3.63, 3.8) is 0 Å². The van der Waals surface area contributed by atoms with Gasteiger partial charge in [0.2, 0.25) is 5.91 Å². The summed E-state index contributed by atoms with van der Waals surface area (Å²) >= 11 is 0. The topological polar surface area (TPSA) is 78.4 Å². The van der Waals surface area contributed by atoms with Gasteiger partial charge in [-0.05, 0) is 24.9 Å². The minimum absolute atomic E-state index is 0.00830. The predicted molar refractivity (Wildman–Crippen MR) is 75.2 cm³/mol. The van der Waals surface area contributed by atoms with Crippen LogP contribution in [0.2, 0.25) is 0 Å². The molecule has 0 saturated carbocycles. The van der Waals surface area contributed by atoms with Gasteiger partial charge in [-0.25, -0.2) is 0 Å². The molecular formula is C15H20N2O3. The van der Waals surface area contributed by atoms with Gasteiger partial charge in [0.15, 0.2) is 0 Å². The third-order valence-corrected chi connectivity index (χ3v) is 3.60. The average Bonchev–Trinajstić information content (AvgIpc) is 2.98. The Hall–Kier alpha value is -1.88. The largest absolute Gasteiger partial charge is 0.481 e. The number of carboxylic acid groups (broad SMARTS) is 1. The maximum Gasteiger partial charge on any atom is 0.303 e. The van der Waals surface area contributed by atoms with Gasteiger partial charge in [-0.2, -0.15) is 0 Å². The lowest BCUT2D eigenvalue weighted by Crippen LogP contribution is -2.35. The highest BCUT2D eigenvalue weighted by molar-refractivity contribution is 5.79. The van der Waals surface area contributed by atoms with Gasteiger partial charge in [0.25, 0.3) is 0 Å². The number of hydrogen-bond acceptors (Lipinski definition) is 3. The number of hydrogen-bond donors (Lipinski definition) is 3. The molecule has 2 atom stereocenters. The van der Waals surface area contributed by atoms with Crippen molar-refractivity contribution in [1.82, 2.24) is 10.6 Å². The standard InChI is InChI=1S/C15H20N2O3/c18-14(19)7-6-13(11-4-2-1-3-5-11)17-15(20)12-8-9-16-10-12/h1-5,12-13,16H,6-10H2,(H,17,20)(H,18,19). The Kier molecular flexibility index (Phi) is 5.12. The SMILES string of the molecule is O=C(O)CCC(NC(=O)C1CCNC1)c1ccccc1. The first kappa shape index (κ1) is 14.5. The zero-order valence-corrected chi connectivity index (χ0v) is 11.3. The summed E-state index contributed by atoms with van der Waals surface area (Å²) in [6, 6.07) is 9.29. The Balaban J connectivity index is 2.01. The normalized spacial score (nSPS) is 19.5. The van der Waals surface area contributed by atoms with Gasteiger partial charge >= 0.3 is 5.97 Å². The van der Waals surface area contributed by atoms with Crippen LogP contribution in [0.15, 0.2) is 30.3 Å². The molecule has 0 aromatic heterocycles. The summed E-state index contributed by atoms with van der Waals surface area (Å²) in [6.07, 6.45) is 1.29. The van der Waals surface area contributed by atoms with E-state index in [4.69, 9.17) is 5.11 Å². The Morgan fingerprint density at radius 1 is 1.35 bits per heavy atom. The lowest BCUT2D eigenvalue weighted by molar-refractivity contribution is -0.137. The molecule has 1 aliphatic rings. The Bertz CT molecular complexity index is 455. The molecule has 1 heterocycles. The molecule has 20 heavy (non-hydrogen) atoms. The lowest BCUT2D eigenvalue weighted by Gasteiger charge is -2.20. The molecule has 3 N–H and O–H groups in total. The molecule has 1 aromatic rings. The van der Waals surface area contributed by atoms with E-state index in [1.165, 1.54) is 0 Å². The zero-order chi connectivity index (χ0) is 14.4. The van der Waals surface area contributed by atoms with Gasteiger partial charge in [-0.15, -0.1) is 0 Å². The molecule has 1 saturated heterocycles. The molecule has 5 nitrogen and oxygen atoms in total. The fraction of sp³-hybridized carbons (Fsp3) is 0.467. The highest BCUT2D eigenvalue weighted by Crippen LogP contribution is 2.20. The van der Waals surface area contributed by atoms with Gasteiger partial charge in [0.1, 0.15) is 0 Å². The van der Waals surface area contributed by atoms with Gasteiger partial charge in [0, 0.05) is 13.0 Å². The minimum Gasteiger partial charge on any atom is -0.481 e. The molecular weight excluding hydrogens is 256 g/mol. The summed E-state index contributed by atoms with van der Waals surface area (Å²) in [7, 11) is 0. The summed E-state index contributed by atoms with van der Waals surface area (Å²) in [4.78, 5) is 22.9. The summed E-state index contributed by atoms with van der Waals surface area (Å²) in [5.41, 5.74) is 0.952. The lowest BCUT2D eigenvalue weighted by atomic mass is 10.00. The average molecular weight is 276 g/mol. The fourth-order valence-corrected chi connectivity index (χ4v) is 2.44. The number of carbonyl (C=O) groups excluding carboxylic acids is 1. The number of rotatable bonds is 6. The summed E-state index contributed by atoms with van der Waals surface area (Å²) < 4.78 is 0. The van der Waals surface area contributed by atoms with Crippen LogP contribution in [0, 0.1) is 5.92 Å². The van der Waals surface area contributed by atoms with Crippen molar-refractivity contribution < 1.29 is 14.7 Å². The maximum atomic E-state index is 12.2. The van der Waals surface area contributed by atoms with Crippen LogP contribution in [0.5, 0.6) is 0 Å². The highest BCUT2D eigenvalue weighted by Gasteiger charge is 2.25. The van der Waals surface area contributed by atoms with Crippen molar-refractivity contribution in [3.8, 4) is 0 Å². The predicted octanol–water partition coefficient (Wildman–Crippen LogP) is 1.32. The first-order valence-electron chi connectivity index (χ1n) is 6.94. The molecule has 0 bridgehead atoms. The van der Waals surface area contributed by atoms with E-state index < -0.39 is 5.97 Å². The van der Waals surface area contributed by atoms with Gasteiger partial charge < -0.3 is 15.7 Å². The summed E-state index contributed by atoms with van der Waals surface area (Å²) in [5.74, 6) is -0.844. The fourth-order valence-electron chi connectivity index (χ4n) is 2.44. The van der Waals surface area contributed by atoms with Crippen LogP contribution in [0.3, 0.4) is 0 Å². The van der Waals surface area contributed by atoms with Crippen LogP contribution in [0.4, 0.5) is 0 Å². The number of amides is 1. The molecule has 108 valence electrons. The van der Waals surface area contributed by atoms with E-state index in [0.717, 1.165) is 18.5 Å². The van der Waals surface area contributed by atoms with Crippen LogP contribution < -0.4 is 10.6 Å². The molecule has 0 aliphatic carbocycles. The number of carboxylic acids is 1. The molecule has 1 aliphatic heterocycles. The van der Waals surface area contributed by atoms with E-state index in [1.54, 1.807) is 0 Å². The van der Waals surface area contributed by atoms with Crippen molar-refractivity contribution in [1.29, 1.82) is 0 Å². The molecule has 0 radical (unpaired) electrons. The molecule has 1 amide bonds. The molecule has 2 rings (SSSR count). The molecule has 2 unspecified atom stereocenters. The molecule has 1 fully saturated rings. The second-order valence-corrected chi connectivity index (χ2v) is 5.09. The molecule has 0 spiro atoms. The smallest absolute Gasteiger partial charge is 0.303 e. The number of benzene rings is 1. The monoisotopic (exact) mass is 276 g/mol. The zero-order valence-electron chi connectivity index (χ0n) is 11.3. The third-order valence-electron chi connectivity index (χ3n) is 3.60. The van der Waals surface area contributed by atoms with Crippen molar-refractivity contribution in [2.75, 3.05) is 13.1 Å². The van der Waals surface area contributed by atoms with Crippen LogP contribution in [0.1, 0.15) is 30.9 Å². The Morgan fingerprint density at radius 3 is 2.70 bits per heavy atom. The van der Waals surface area contributed by atoms with Gasteiger partial charge in [0.05, 0.1) is 12.0 Å². The van der Waals surface area contributed by atoms with Gasteiger partial charge in [-0.3, -0.25) is 9.59 Å². The van der Waals surface area contributed by atoms with E-state index in [1.807, 2.05) is 30.3 Å².